The highest BCUT2D eigenvalue weighted by Crippen LogP contribution is 2.33. The summed E-state index contributed by atoms with van der Waals surface area (Å²) in [6.45, 7) is 4.48. The number of hydrogen-bond acceptors (Lipinski definition) is 1. The Kier molecular flexibility index (Phi) is 3.29. The van der Waals surface area contributed by atoms with Crippen LogP contribution in [0, 0.1) is 0 Å². The largest absolute Gasteiger partial charge is 0.378 e. The second kappa shape index (κ2) is 5.08. The van der Waals surface area contributed by atoms with Gasteiger partial charge in [-0.3, -0.25) is 0 Å². The summed E-state index contributed by atoms with van der Waals surface area (Å²) in [5.74, 6) is 0. The zero-order valence-corrected chi connectivity index (χ0v) is 11.7. The number of nitrogens with one attached hydrogen (secondary N) is 1. The SMILES string of the molecule is CC1=CCCc2cccc(NC(C)C3=CC=CC3)c21. The Hall–Kier alpha value is -1.76. The molecule has 1 aromatic rings. The second-order valence-electron chi connectivity index (χ2n) is 5.51. The van der Waals surface area contributed by atoms with Gasteiger partial charge in [-0.05, 0) is 55.9 Å². The lowest BCUT2D eigenvalue weighted by atomic mass is 9.90. The predicted octanol–water partition coefficient (Wildman–Crippen LogP) is 4.72. The molecule has 0 spiro atoms. The van der Waals surface area contributed by atoms with Crippen molar-refractivity contribution in [1.29, 1.82) is 0 Å². The van der Waals surface area contributed by atoms with E-state index in [2.05, 4.69) is 61.7 Å². The fraction of sp³-hybridized carbons (Fsp3) is 0.333. The summed E-state index contributed by atoms with van der Waals surface area (Å²) in [4.78, 5) is 0. The molecule has 0 fully saturated rings. The van der Waals surface area contributed by atoms with E-state index >= 15 is 0 Å². The maximum atomic E-state index is 3.69. The molecule has 0 bridgehead atoms. The zero-order chi connectivity index (χ0) is 13.2. The molecule has 1 unspecified atom stereocenters. The van der Waals surface area contributed by atoms with Gasteiger partial charge in [0.1, 0.15) is 0 Å². The highest BCUT2D eigenvalue weighted by molar-refractivity contribution is 5.79. The molecule has 1 atom stereocenters. The average molecular weight is 251 g/mol. The zero-order valence-electron chi connectivity index (χ0n) is 11.7. The Morgan fingerprint density at radius 2 is 2.16 bits per heavy atom. The highest BCUT2D eigenvalue weighted by Gasteiger charge is 2.16. The smallest absolute Gasteiger partial charge is 0.0451 e. The number of hydrogen-bond donors (Lipinski definition) is 1. The topological polar surface area (TPSA) is 12.0 Å². The van der Waals surface area contributed by atoms with Gasteiger partial charge in [0.05, 0.1) is 0 Å². The van der Waals surface area contributed by atoms with E-state index < -0.39 is 0 Å². The molecule has 0 saturated heterocycles. The van der Waals surface area contributed by atoms with Gasteiger partial charge in [-0.15, -0.1) is 0 Å². The van der Waals surface area contributed by atoms with E-state index in [-0.39, 0.29) is 0 Å². The minimum absolute atomic E-state index is 0.399. The molecule has 0 aliphatic heterocycles. The highest BCUT2D eigenvalue weighted by atomic mass is 14.9. The van der Waals surface area contributed by atoms with Crippen LogP contribution in [0.25, 0.3) is 5.57 Å². The van der Waals surface area contributed by atoms with Crippen molar-refractivity contribution in [2.24, 2.45) is 0 Å². The first-order chi connectivity index (χ1) is 9.25. The molecule has 1 nitrogen and oxygen atoms in total. The van der Waals surface area contributed by atoms with Crippen LogP contribution in [0.1, 0.15) is 37.8 Å². The molecular weight excluding hydrogens is 230 g/mol. The molecule has 19 heavy (non-hydrogen) atoms. The number of anilines is 1. The van der Waals surface area contributed by atoms with E-state index in [1.54, 1.807) is 0 Å². The molecule has 2 aliphatic carbocycles. The van der Waals surface area contributed by atoms with Crippen LogP contribution in [0.3, 0.4) is 0 Å². The number of allylic oxidation sites excluding steroid dienone is 5. The van der Waals surface area contributed by atoms with Gasteiger partial charge in [0, 0.05) is 17.3 Å². The number of rotatable bonds is 3. The van der Waals surface area contributed by atoms with Crippen molar-refractivity contribution >= 4 is 11.3 Å². The summed E-state index contributed by atoms with van der Waals surface area (Å²) in [7, 11) is 0. The van der Waals surface area contributed by atoms with E-state index in [0.717, 1.165) is 6.42 Å². The third kappa shape index (κ3) is 2.37. The van der Waals surface area contributed by atoms with Crippen LogP contribution in [-0.4, -0.2) is 6.04 Å². The maximum absolute atomic E-state index is 3.69. The van der Waals surface area contributed by atoms with Crippen molar-refractivity contribution in [1.82, 2.24) is 0 Å². The molecular formula is C18H21N. The fourth-order valence-corrected chi connectivity index (χ4v) is 3.05. The molecule has 0 saturated carbocycles. The summed E-state index contributed by atoms with van der Waals surface area (Å²) < 4.78 is 0. The lowest BCUT2D eigenvalue weighted by Gasteiger charge is -2.23. The van der Waals surface area contributed by atoms with E-state index in [4.69, 9.17) is 0 Å². The molecule has 0 radical (unpaired) electrons. The Morgan fingerprint density at radius 1 is 1.26 bits per heavy atom. The van der Waals surface area contributed by atoms with Crippen LogP contribution < -0.4 is 5.32 Å². The van der Waals surface area contributed by atoms with E-state index in [0.29, 0.717) is 6.04 Å². The minimum atomic E-state index is 0.399. The first-order valence-electron chi connectivity index (χ1n) is 7.17. The predicted molar refractivity (Wildman–Crippen MR) is 83.3 cm³/mol. The Morgan fingerprint density at radius 3 is 2.95 bits per heavy atom. The van der Waals surface area contributed by atoms with E-state index in [1.165, 1.54) is 40.8 Å². The van der Waals surface area contributed by atoms with Gasteiger partial charge in [-0.1, -0.05) is 36.4 Å². The Balaban J connectivity index is 1.88. The van der Waals surface area contributed by atoms with Gasteiger partial charge in [0.25, 0.3) is 0 Å². The number of benzene rings is 1. The standard InChI is InChI=1S/C18H21N/c1-13-7-5-10-16-11-6-12-17(18(13)16)19-14(2)15-8-3-4-9-15/h3-4,6-8,11-12,14,19H,5,9-10H2,1-2H3. The summed E-state index contributed by atoms with van der Waals surface area (Å²) in [5, 5.41) is 3.69. The van der Waals surface area contributed by atoms with Crippen molar-refractivity contribution in [3.05, 3.63) is 59.2 Å². The van der Waals surface area contributed by atoms with Gasteiger partial charge in [-0.2, -0.15) is 0 Å². The Bertz CT molecular complexity index is 575. The molecule has 0 aromatic heterocycles. The lowest BCUT2D eigenvalue weighted by molar-refractivity contribution is 0.894. The third-order valence-electron chi connectivity index (χ3n) is 4.14. The fourth-order valence-electron chi connectivity index (χ4n) is 3.05. The van der Waals surface area contributed by atoms with Gasteiger partial charge in [-0.25, -0.2) is 0 Å². The second-order valence-corrected chi connectivity index (χ2v) is 5.51. The molecule has 1 heteroatoms. The third-order valence-corrected chi connectivity index (χ3v) is 4.14. The van der Waals surface area contributed by atoms with Crippen molar-refractivity contribution in [3.63, 3.8) is 0 Å². The van der Waals surface area contributed by atoms with Crippen LogP contribution in [0.15, 0.2) is 48.1 Å². The lowest BCUT2D eigenvalue weighted by Crippen LogP contribution is -2.18. The summed E-state index contributed by atoms with van der Waals surface area (Å²) >= 11 is 0. The minimum Gasteiger partial charge on any atom is -0.378 e. The van der Waals surface area contributed by atoms with Crippen LogP contribution in [0.5, 0.6) is 0 Å². The normalized spacial score (nSPS) is 18.6. The van der Waals surface area contributed by atoms with Gasteiger partial charge in [0.15, 0.2) is 0 Å². The van der Waals surface area contributed by atoms with Gasteiger partial charge in [0.2, 0.25) is 0 Å². The van der Waals surface area contributed by atoms with E-state index in [9.17, 15) is 0 Å². The van der Waals surface area contributed by atoms with Gasteiger partial charge >= 0.3 is 0 Å². The maximum Gasteiger partial charge on any atom is 0.0451 e. The summed E-state index contributed by atoms with van der Waals surface area (Å²) in [6, 6.07) is 7.04. The molecule has 1 N–H and O–H groups in total. The van der Waals surface area contributed by atoms with Crippen LogP contribution >= 0.6 is 0 Å². The van der Waals surface area contributed by atoms with Crippen molar-refractivity contribution in [2.75, 3.05) is 5.32 Å². The number of aryl methyl sites for hydroxylation is 1. The first kappa shape index (κ1) is 12.3. The Labute approximate surface area is 115 Å². The summed E-state index contributed by atoms with van der Waals surface area (Å²) in [5.41, 5.74) is 7.07. The molecule has 2 aliphatic rings. The van der Waals surface area contributed by atoms with Crippen LogP contribution in [0.2, 0.25) is 0 Å². The summed E-state index contributed by atoms with van der Waals surface area (Å²) in [6.07, 6.45) is 12.4. The average Bonchev–Trinajstić information content (AvgIpc) is 2.93. The van der Waals surface area contributed by atoms with Crippen molar-refractivity contribution in [3.8, 4) is 0 Å². The molecule has 3 rings (SSSR count). The van der Waals surface area contributed by atoms with Crippen molar-refractivity contribution in [2.45, 2.75) is 39.2 Å². The van der Waals surface area contributed by atoms with Crippen LogP contribution in [-0.2, 0) is 6.42 Å². The quantitative estimate of drug-likeness (QED) is 0.819. The molecule has 0 amide bonds. The van der Waals surface area contributed by atoms with E-state index in [1.807, 2.05) is 0 Å². The number of fused-ring (bicyclic) bond motifs is 1. The first-order valence-corrected chi connectivity index (χ1v) is 7.17. The molecule has 0 heterocycles. The monoisotopic (exact) mass is 251 g/mol. The van der Waals surface area contributed by atoms with Crippen molar-refractivity contribution < 1.29 is 0 Å². The molecule has 1 aromatic carbocycles. The van der Waals surface area contributed by atoms with Crippen LogP contribution in [0.4, 0.5) is 5.69 Å². The molecule has 98 valence electrons. The van der Waals surface area contributed by atoms with Gasteiger partial charge < -0.3 is 5.32 Å².